The van der Waals surface area contributed by atoms with Crippen molar-refractivity contribution in [2.24, 2.45) is 0 Å². The summed E-state index contributed by atoms with van der Waals surface area (Å²) in [4.78, 5) is 21.4. The van der Waals surface area contributed by atoms with Gasteiger partial charge in [-0.3, -0.25) is 4.79 Å². The van der Waals surface area contributed by atoms with E-state index in [-0.39, 0.29) is 0 Å². The molecule has 2 rings (SSSR count). The molecule has 0 radical (unpaired) electrons. The zero-order chi connectivity index (χ0) is 17.5. The first-order valence-electron chi connectivity index (χ1n) is 5.37. The van der Waals surface area contributed by atoms with Gasteiger partial charge >= 0.3 is 5.82 Å². The second-order valence-corrected chi connectivity index (χ2v) is 4.68. The molecule has 122 valence electrons. The van der Waals surface area contributed by atoms with Crippen molar-refractivity contribution in [3.8, 4) is 0 Å². The van der Waals surface area contributed by atoms with Gasteiger partial charge < -0.3 is 15.4 Å². The standard InChI is InChI=1S/C10H2BrF5N4O3/c11-1-7(18-19-9(1)20(22)23)10(21)17-8-5(15)3(13)2(12)4(14)6(8)16/h(H,17,21)(H,18,19). The van der Waals surface area contributed by atoms with Crippen molar-refractivity contribution in [2.75, 3.05) is 5.32 Å². The highest BCUT2D eigenvalue weighted by molar-refractivity contribution is 9.10. The van der Waals surface area contributed by atoms with Crippen LogP contribution >= 0.6 is 15.9 Å². The fourth-order valence-corrected chi connectivity index (χ4v) is 1.98. The van der Waals surface area contributed by atoms with E-state index in [2.05, 4.69) is 21.0 Å². The van der Waals surface area contributed by atoms with Gasteiger partial charge in [-0.25, -0.2) is 22.0 Å². The molecule has 0 fully saturated rings. The van der Waals surface area contributed by atoms with Crippen molar-refractivity contribution in [1.82, 2.24) is 10.2 Å². The van der Waals surface area contributed by atoms with Crippen molar-refractivity contribution in [1.29, 1.82) is 0 Å². The molecule has 1 heterocycles. The van der Waals surface area contributed by atoms with E-state index in [4.69, 9.17) is 0 Å². The number of nitrogens with one attached hydrogen (secondary N) is 2. The number of amides is 1. The Hall–Kier alpha value is -2.57. The highest BCUT2D eigenvalue weighted by Gasteiger charge is 2.30. The maximum absolute atomic E-state index is 13.4. The lowest BCUT2D eigenvalue weighted by Crippen LogP contribution is -2.17. The molecule has 0 spiro atoms. The SMILES string of the molecule is O=C(Nc1c(F)c(F)c(F)c(F)c1F)c1n[nH]c([N+](=O)[O-])c1Br. The molecule has 2 aromatic rings. The van der Waals surface area contributed by atoms with Gasteiger partial charge in [-0.05, 0) is 20.9 Å². The molecule has 0 aliphatic heterocycles. The number of rotatable bonds is 3. The van der Waals surface area contributed by atoms with Crippen LogP contribution in [-0.4, -0.2) is 21.0 Å². The summed E-state index contributed by atoms with van der Waals surface area (Å²) in [7, 11) is 0. The Morgan fingerprint density at radius 2 is 1.57 bits per heavy atom. The number of hydrogen-bond donors (Lipinski definition) is 2. The van der Waals surface area contributed by atoms with Crippen LogP contribution in [0.25, 0.3) is 0 Å². The van der Waals surface area contributed by atoms with Crippen LogP contribution in [0.3, 0.4) is 0 Å². The van der Waals surface area contributed by atoms with Crippen LogP contribution in [0.15, 0.2) is 4.47 Å². The number of anilines is 1. The molecule has 1 aromatic carbocycles. The van der Waals surface area contributed by atoms with Crippen molar-refractivity contribution < 1.29 is 31.7 Å². The van der Waals surface area contributed by atoms with Crippen molar-refractivity contribution >= 4 is 33.3 Å². The number of nitrogens with zero attached hydrogens (tertiary/aromatic N) is 2. The van der Waals surface area contributed by atoms with E-state index in [1.165, 1.54) is 5.32 Å². The first-order chi connectivity index (χ1) is 10.7. The van der Waals surface area contributed by atoms with E-state index in [9.17, 15) is 36.9 Å². The topological polar surface area (TPSA) is 101 Å². The highest BCUT2D eigenvalue weighted by Crippen LogP contribution is 2.29. The first-order valence-corrected chi connectivity index (χ1v) is 6.17. The molecule has 0 atom stereocenters. The Morgan fingerprint density at radius 1 is 1.09 bits per heavy atom. The quantitative estimate of drug-likeness (QED) is 0.272. The molecule has 0 bridgehead atoms. The average Bonchev–Trinajstić information content (AvgIpc) is 2.89. The van der Waals surface area contributed by atoms with Gasteiger partial charge in [0, 0.05) is 0 Å². The number of aromatic amines is 1. The molecule has 0 unspecified atom stereocenters. The largest absolute Gasteiger partial charge is 0.358 e. The van der Waals surface area contributed by atoms with Crippen molar-refractivity contribution in [2.45, 2.75) is 0 Å². The lowest BCUT2D eigenvalue weighted by Gasteiger charge is -2.08. The molecular weight excluding hydrogens is 399 g/mol. The average molecular weight is 401 g/mol. The molecule has 23 heavy (non-hydrogen) atoms. The third-order valence-corrected chi connectivity index (χ3v) is 3.29. The van der Waals surface area contributed by atoms with Crippen LogP contribution in [0.5, 0.6) is 0 Å². The maximum Gasteiger partial charge on any atom is 0.357 e. The monoisotopic (exact) mass is 400 g/mol. The van der Waals surface area contributed by atoms with Crippen LogP contribution in [-0.2, 0) is 0 Å². The van der Waals surface area contributed by atoms with Gasteiger partial charge in [-0.15, -0.1) is 5.10 Å². The number of carbonyl (C=O) groups excluding carboxylic acids is 1. The smallest absolute Gasteiger partial charge is 0.357 e. The van der Waals surface area contributed by atoms with Gasteiger partial charge in [0.05, 0.1) is 0 Å². The number of halogens is 6. The number of benzene rings is 1. The van der Waals surface area contributed by atoms with Crippen LogP contribution in [0.4, 0.5) is 33.5 Å². The minimum Gasteiger partial charge on any atom is -0.358 e. The van der Waals surface area contributed by atoms with Crippen molar-refractivity contribution in [3.63, 3.8) is 0 Å². The number of carbonyl (C=O) groups is 1. The lowest BCUT2D eigenvalue weighted by atomic mass is 10.2. The summed E-state index contributed by atoms with van der Waals surface area (Å²) in [6.45, 7) is 0. The second-order valence-electron chi connectivity index (χ2n) is 3.89. The molecule has 0 aliphatic carbocycles. The zero-order valence-corrected chi connectivity index (χ0v) is 12.0. The summed E-state index contributed by atoms with van der Waals surface area (Å²) in [5.41, 5.74) is -2.33. The summed E-state index contributed by atoms with van der Waals surface area (Å²) < 4.78 is 65.3. The minimum absolute atomic E-state index is 0.469. The number of aromatic nitrogens is 2. The summed E-state index contributed by atoms with van der Waals surface area (Å²) >= 11 is 2.65. The Morgan fingerprint density at radius 3 is 2.00 bits per heavy atom. The summed E-state index contributed by atoms with van der Waals surface area (Å²) in [6, 6.07) is 0. The van der Waals surface area contributed by atoms with E-state index in [0.29, 0.717) is 0 Å². The third-order valence-electron chi connectivity index (χ3n) is 2.54. The minimum atomic E-state index is -2.39. The maximum atomic E-state index is 13.4. The zero-order valence-electron chi connectivity index (χ0n) is 10.4. The molecule has 0 saturated carbocycles. The Kier molecular flexibility index (Phi) is 4.31. The third kappa shape index (κ3) is 2.74. The lowest BCUT2D eigenvalue weighted by molar-refractivity contribution is -0.390. The Bertz CT molecular complexity index is 811. The fourth-order valence-electron chi connectivity index (χ4n) is 1.48. The number of H-pyrrole nitrogens is 1. The van der Waals surface area contributed by atoms with Gasteiger partial charge in [-0.2, -0.15) is 0 Å². The van der Waals surface area contributed by atoms with Crippen LogP contribution in [0, 0.1) is 39.2 Å². The van der Waals surface area contributed by atoms with Crippen molar-refractivity contribution in [3.05, 3.63) is 49.4 Å². The first kappa shape index (κ1) is 16.8. The summed E-state index contributed by atoms with van der Waals surface area (Å²) in [5.74, 6) is -13.6. The molecular formula is C10H2BrF5N4O3. The van der Waals surface area contributed by atoms with E-state index < -0.39 is 61.6 Å². The Labute approximate surface area is 130 Å². The van der Waals surface area contributed by atoms with Crippen LogP contribution in [0.1, 0.15) is 10.5 Å². The van der Waals surface area contributed by atoms with E-state index in [0.717, 1.165) is 0 Å². The number of hydrogen-bond acceptors (Lipinski definition) is 4. The molecule has 2 N–H and O–H groups in total. The highest BCUT2D eigenvalue weighted by atomic mass is 79.9. The fraction of sp³-hybridized carbons (Fsp3) is 0. The number of nitro groups is 1. The van der Waals surface area contributed by atoms with Gasteiger partial charge in [0.1, 0.15) is 10.2 Å². The van der Waals surface area contributed by atoms with E-state index in [1.807, 2.05) is 5.10 Å². The molecule has 1 amide bonds. The molecule has 7 nitrogen and oxygen atoms in total. The second kappa shape index (κ2) is 5.91. The Balaban J connectivity index is 2.44. The molecule has 13 heteroatoms. The molecule has 0 aliphatic rings. The van der Waals surface area contributed by atoms with Gasteiger partial charge in [0.25, 0.3) is 5.91 Å². The predicted octanol–water partition coefficient (Wildman–Crippen LogP) is 3.03. The van der Waals surface area contributed by atoms with Gasteiger partial charge in [-0.1, -0.05) is 5.10 Å². The summed E-state index contributed by atoms with van der Waals surface area (Å²) in [6.07, 6.45) is 0. The van der Waals surface area contributed by atoms with Crippen LogP contribution < -0.4 is 5.32 Å². The van der Waals surface area contributed by atoms with E-state index in [1.54, 1.807) is 0 Å². The predicted molar refractivity (Wildman–Crippen MR) is 67.1 cm³/mol. The van der Waals surface area contributed by atoms with Gasteiger partial charge in [0.2, 0.25) is 5.82 Å². The molecule has 0 saturated heterocycles. The van der Waals surface area contributed by atoms with Gasteiger partial charge in [0.15, 0.2) is 29.0 Å². The normalized spacial score (nSPS) is 10.7. The summed E-state index contributed by atoms with van der Waals surface area (Å²) in [5, 5.41) is 17.1. The van der Waals surface area contributed by atoms with E-state index >= 15 is 0 Å². The molecule has 1 aromatic heterocycles. The van der Waals surface area contributed by atoms with Crippen LogP contribution in [0.2, 0.25) is 0 Å².